The van der Waals surface area contributed by atoms with Crippen molar-refractivity contribution in [2.24, 2.45) is 5.41 Å². The Morgan fingerprint density at radius 1 is 0.938 bits per heavy atom. The summed E-state index contributed by atoms with van der Waals surface area (Å²) >= 11 is 0. The lowest BCUT2D eigenvalue weighted by molar-refractivity contribution is -0.139. The number of carboxylic acids is 2. The molecule has 0 atom stereocenters. The van der Waals surface area contributed by atoms with Gasteiger partial charge in [0.2, 0.25) is 0 Å². The van der Waals surface area contributed by atoms with Crippen molar-refractivity contribution < 1.29 is 19.8 Å². The fourth-order valence-corrected chi connectivity index (χ4v) is 0.552. The molecule has 2 N–H and O–H groups in total. The average Bonchev–Trinajstić information content (AvgIpc) is 2.12. The Kier molecular flexibility index (Phi) is 9.96. The third-order valence-electron chi connectivity index (χ3n) is 2.09. The second kappa shape index (κ2) is 9.19. The molecule has 0 aromatic carbocycles. The molecule has 0 aliphatic rings. The van der Waals surface area contributed by atoms with Crippen molar-refractivity contribution in [3.8, 4) is 0 Å². The molecule has 4 heteroatoms. The number of carboxylic acid groups (broad SMARTS) is 2. The minimum atomic E-state index is -0.870. The molecule has 0 bridgehead atoms. The normalized spacial score (nSPS) is 10.2. The van der Waals surface area contributed by atoms with E-state index < -0.39 is 11.9 Å². The summed E-state index contributed by atoms with van der Waals surface area (Å²) < 4.78 is 0. The molecule has 0 aliphatic heterocycles. The Bertz CT molecular complexity index is 188. The summed E-state index contributed by atoms with van der Waals surface area (Å²) in [6, 6.07) is 0. The van der Waals surface area contributed by atoms with Crippen molar-refractivity contribution in [1.29, 1.82) is 0 Å². The van der Waals surface area contributed by atoms with Crippen molar-refractivity contribution in [3.63, 3.8) is 0 Å². The predicted molar refractivity (Wildman–Crippen MR) is 63.5 cm³/mol. The maximum atomic E-state index is 9.90. The van der Waals surface area contributed by atoms with Crippen molar-refractivity contribution in [3.05, 3.63) is 0 Å². The molecular formula is C12H24O4. The molecule has 0 saturated carbocycles. The van der Waals surface area contributed by atoms with Crippen LogP contribution in [0.4, 0.5) is 0 Å². The maximum Gasteiger partial charge on any atom is 0.303 e. The molecular weight excluding hydrogens is 208 g/mol. The monoisotopic (exact) mass is 232 g/mol. The van der Waals surface area contributed by atoms with Crippen molar-refractivity contribution in [1.82, 2.24) is 0 Å². The van der Waals surface area contributed by atoms with Crippen LogP contribution in [-0.2, 0) is 9.59 Å². The first kappa shape index (κ1) is 17.3. The highest BCUT2D eigenvalue weighted by Gasteiger charge is 2.03. The molecule has 4 nitrogen and oxygen atoms in total. The van der Waals surface area contributed by atoms with Crippen molar-refractivity contribution >= 4 is 11.9 Å². The van der Waals surface area contributed by atoms with E-state index in [1.165, 1.54) is 6.42 Å². The Balaban J connectivity index is 0. The Morgan fingerprint density at radius 3 is 1.31 bits per heavy atom. The van der Waals surface area contributed by atoms with E-state index in [1.54, 1.807) is 0 Å². The Hall–Kier alpha value is -1.06. The molecule has 0 aromatic rings. The number of hydrogen-bond donors (Lipinski definition) is 2. The van der Waals surface area contributed by atoms with Gasteiger partial charge in [-0.05, 0) is 18.3 Å². The molecule has 16 heavy (non-hydrogen) atoms. The third-order valence-corrected chi connectivity index (χ3v) is 2.09. The van der Waals surface area contributed by atoms with Crippen LogP contribution < -0.4 is 0 Å². The van der Waals surface area contributed by atoms with E-state index in [-0.39, 0.29) is 12.8 Å². The zero-order valence-corrected chi connectivity index (χ0v) is 10.7. The van der Waals surface area contributed by atoms with Crippen LogP contribution in [0.1, 0.15) is 59.8 Å². The summed E-state index contributed by atoms with van der Waals surface area (Å²) in [6.07, 6.45) is 2.29. The van der Waals surface area contributed by atoms with Gasteiger partial charge in [0.25, 0.3) is 0 Å². The number of rotatable bonds is 5. The minimum Gasteiger partial charge on any atom is -0.481 e. The van der Waals surface area contributed by atoms with E-state index in [0.717, 1.165) is 0 Å². The smallest absolute Gasteiger partial charge is 0.303 e. The SMILES string of the molecule is CCC(C)(C)C.O=C(O)CCCCC(=O)O. The minimum absolute atomic E-state index is 0.0628. The quantitative estimate of drug-likeness (QED) is 0.714. The second-order valence-corrected chi connectivity index (χ2v) is 4.91. The van der Waals surface area contributed by atoms with E-state index in [1.807, 2.05) is 0 Å². The van der Waals surface area contributed by atoms with E-state index >= 15 is 0 Å². The molecule has 0 aliphatic carbocycles. The number of hydrogen-bond acceptors (Lipinski definition) is 2. The van der Waals surface area contributed by atoms with Gasteiger partial charge in [0.15, 0.2) is 0 Å². The number of unbranched alkanes of at least 4 members (excludes halogenated alkanes) is 1. The Morgan fingerprint density at radius 2 is 1.19 bits per heavy atom. The first-order chi connectivity index (χ1) is 7.19. The lowest BCUT2D eigenvalue weighted by atomic mass is 9.94. The summed E-state index contributed by atoms with van der Waals surface area (Å²) in [6.45, 7) is 8.94. The Labute approximate surface area is 97.7 Å². The molecule has 96 valence electrons. The van der Waals surface area contributed by atoms with Gasteiger partial charge in [0.1, 0.15) is 0 Å². The second-order valence-electron chi connectivity index (χ2n) is 4.91. The van der Waals surface area contributed by atoms with E-state index in [2.05, 4.69) is 27.7 Å². The van der Waals surface area contributed by atoms with Gasteiger partial charge in [-0.2, -0.15) is 0 Å². The highest BCUT2D eigenvalue weighted by atomic mass is 16.4. The predicted octanol–water partition coefficient (Wildman–Crippen LogP) is 3.16. The zero-order chi connectivity index (χ0) is 13.2. The van der Waals surface area contributed by atoms with Crippen LogP contribution in [0, 0.1) is 5.41 Å². The molecule has 0 rings (SSSR count). The first-order valence-corrected chi connectivity index (χ1v) is 5.62. The fourth-order valence-electron chi connectivity index (χ4n) is 0.552. The molecule has 0 heterocycles. The van der Waals surface area contributed by atoms with Gasteiger partial charge in [0, 0.05) is 12.8 Å². The van der Waals surface area contributed by atoms with Gasteiger partial charge < -0.3 is 10.2 Å². The highest BCUT2D eigenvalue weighted by Crippen LogP contribution is 2.16. The lowest BCUT2D eigenvalue weighted by Crippen LogP contribution is -2.00. The third kappa shape index (κ3) is 23.1. The standard InChI is InChI=1S/C6H10O4.C6H14/c7-5(8)3-1-2-4-6(9)10;1-5-6(2,3)4/h1-4H2,(H,7,8)(H,9,10);5H2,1-4H3. The van der Waals surface area contributed by atoms with E-state index in [9.17, 15) is 9.59 Å². The average molecular weight is 232 g/mol. The van der Waals surface area contributed by atoms with Gasteiger partial charge in [-0.25, -0.2) is 0 Å². The topological polar surface area (TPSA) is 74.6 Å². The van der Waals surface area contributed by atoms with E-state index in [0.29, 0.717) is 18.3 Å². The summed E-state index contributed by atoms with van der Waals surface area (Å²) in [5.41, 5.74) is 0.542. The first-order valence-electron chi connectivity index (χ1n) is 5.62. The lowest BCUT2D eigenvalue weighted by Gasteiger charge is -2.12. The molecule has 0 aromatic heterocycles. The molecule has 0 radical (unpaired) electrons. The van der Waals surface area contributed by atoms with Gasteiger partial charge in [0.05, 0.1) is 0 Å². The van der Waals surface area contributed by atoms with Crippen molar-refractivity contribution in [2.75, 3.05) is 0 Å². The van der Waals surface area contributed by atoms with Crippen LogP contribution in [0.25, 0.3) is 0 Å². The molecule has 0 saturated heterocycles. The van der Waals surface area contributed by atoms with E-state index in [4.69, 9.17) is 10.2 Å². The molecule has 0 amide bonds. The molecule has 0 fully saturated rings. The van der Waals surface area contributed by atoms with Crippen LogP contribution in [0.5, 0.6) is 0 Å². The summed E-state index contributed by atoms with van der Waals surface area (Å²) in [7, 11) is 0. The van der Waals surface area contributed by atoms with Gasteiger partial charge in [-0.3, -0.25) is 9.59 Å². The number of carbonyl (C=O) groups is 2. The highest BCUT2D eigenvalue weighted by molar-refractivity contribution is 5.67. The zero-order valence-electron chi connectivity index (χ0n) is 10.7. The van der Waals surface area contributed by atoms with Crippen molar-refractivity contribution in [2.45, 2.75) is 59.8 Å². The maximum absolute atomic E-state index is 9.90. The van der Waals surface area contributed by atoms with Gasteiger partial charge in [-0.1, -0.05) is 34.1 Å². The summed E-state index contributed by atoms with van der Waals surface area (Å²) in [5, 5.41) is 16.3. The summed E-state index contributed by atoms with van der Waals surface area (Å²) in [4.78, 5) is 19.8. The fraction of sp³-hybridized carbons (Fsp3) is 0.833. The van der Waals surface area contributed by atoms with Crippen LogP contribution >= 0.6 is 0 Å². The van der Waals surface area contributed by atoms with Gasteiger partial charge in [-0.15, -0.1) is 0 Å². The van der Waals surface area contributed by atoms with Gasteiger partial charge >= 0.3 is 11.9 Å². The van der Waals surface area contributed by atoms with Crippen LogP contribution in [0.2, 0.25) is 0 Å². The molecule has 0 spiro atoms. The number of aliphatic carboxylic acids is 2. The summed E-state index contributed by atoms with van der Waals surface area (Å²) in [5.74, 6) is -1.74. The van der Waals surface area contributed by atoms with Crippen LogP contribution in [-0.4, -0.2) is 22.2 Å². The van der Waals surface area contributed by atoms with Crippen LogP contribution in [0.15, 0.2) is 0 Å². The van der Waals surface area contributed by atoms with Crippen LogP contribution in [0.3, 0.4) is 0 Å². The molecule has 0 unspecified atom stereocenters. The largest absolute Gasteiger partial charge is 0.481 e.